The predicted molar refractivity (Wildman–Crippen MR) is 180 cm³/mol. The van der Waals surface area contributed by atoms with Crippen molar-refractivity contribution in [1.29, 1.82) is 0 Å². The third-order valence-corrected chi connectivity index (χ3v) is 11.2. The number of thiophene rings is 1. The molecule has 0 radical (unpaired) electrons. The van der Waals surface area contributed by atoms with Gasteiger partial charge in [-0.05, 0) is 35.4 Å². The average molecular weight is 721 g/mol. The Balaban J connectivity index is 1.11. The molecule has 2 aromatic heterocycles. The van der Waals surface area contributed by atoms with E-state index in [9.17, 15) is 24.3 Å². The molecule has 1 amide bonds. The number of aliphatic hydroxyl groups excluding tert-OH is 1. The van der Waals surface area contributed by atoms with E-state index in [4.69, 9.17) is 28.8 Å². The molecule has 4 heterocycles. The van der Waals surface area contributed by atoms with Crippen LogP contribution in [-0.4, -0.2) is 94.9 Å². The maximum atomic E-state index is 12.9. The molecule has 5 rings (SSSR count). The lowest BCUT2D eigenvalue weighted by Gasteiger charge is -2.26. The fourth-order valence-electron chi connectivity index (χ4n) is 5.10. The molecule has 1 saturated heterocycles. The highest BCUT2D eigenvalue weighted by Gasteiger charge is 2.28. The summed E-state index contributed by atoms with van der Waals surface area (Å²) in [6, 6.07) is 7.16. The Morgan fingerprint density at radius 1 is 0.875 bits per heavy atom. The van der Waals surface area contributed by atoms with E-state index in [1.807, 2.05) is 12.1 Å². The zero-order chi connectivity index (χ0) is 34.2. The van der Waals surface area contributed by atoms with Crippen molar-refractivity contribution in [2.45, 2.75) is 57.4 Å². The first-order valence-corrected chi connectivity index (χ1v) is 18.5. The van der Waals surface area contributed by atoms with E-state index in [0.717, 1.165) is 11.1 Å². The van der Waals surface area contributed by atoms with E-state index in [-0.39, 0.29) is 49.9 Å². The molecule has 258 valence electrons. The number of ketones is 1. The first kappa shape index (κ1) is 35.6. The Morgan fingerprint density at radius 3 is 2.27 bits per heavy atom. The number of pyridine rings is 1. The molecule has 0 bridgehead atoms. The zero-order valence-electron chi connectivity index (χ0n) is 26.4. The summed E-state index contributed by atoms with van der Waals surface area (Å²) in [6.45, 7) is 1.36. The van der Waals surface area contributed by atoms with Gasteiger partial charge in [0.05, 0.1) is 45.2 Å². The lowest BCUT2D eigenvalue weighted by Crippen LogP contribution is -2.37. The molecule has 13 nitrogen and oxygen atoms in total. The number of carboxylic acid groups (broad SMARTS) is 1. The standard InChI is InChI=1S/C32H36N2O11S3/c1-41-23-11-19-14-34(28(37)5-6-29(38)39)15-20(19)12-24(23)43-8-3-9-44-25-10-18-13-27(48-32(18)33-31(25)42-2)21(35)4-7-30(40)45-26-17-47-46-16-22(26)36/h10-13,22,26,36H,3-9,14-17H2,1-2H3,(H,38,39)/t22-,26-/m0/s1. The predicted octanol–water partition coefficient (Wildman–Crippen LogP) is 4.50. The van der Waals surface area contributed by atoms with E-state index in [1.165, 1.54) is 36.4 Å². The Bertz CT molecular complexity index is 1660. The van der Waals surface area contributed by atoms with Gasteiger partial charge in [-0.15, -0.1) is 11.3 Å². The summed E-state index contributed by atoms with van der Waals surface area (Å²) in [7, 11) is 6.10. The van der Waals surface area contributed by atoms with Gasteiger partial charge in [-0.25, -0.2) is 0 Å². The Labute approximate surface area is 288 Å². The van der Waals surface area contributed by atoms with Gasteiger partial charge in [-0.1, -0.05) is 21.6 Å². The molecule has 48 heavy (non-hydrogen) atoms. The number of methoxy groups -OCH3 is 2. The molecule has 2 aliphatic heterocycles. The fraction of sp³-hybridized carbons (Fsp3) is 0.469. The summed E-state index contributed by atoms with van der Waals surface area (Å²) in [5.74, 6) is 0.824. The van der Waals surface area contributed by atoms with Crippen LogP contribution in [0.1, 0.15) is 52.9 Å². The minimum atomic E-state index is -1.01. The molecule has 0 unspecified atom stereocenters. The van der Waals surface area contributed by atoms with Crippen LogP contribution in [0.4, 0.5) is 0 Å². The minimum Gasteiger partial charge on any atom is -0.493 e. The van der Waals surface area contributed by atoms with Crippen molar-refractivity contribution in [3.05, 3.63) is 40.3 Å². The number of rotatable bonds is 16. The number of hydrogen-bond donors (Lipinski definition) is 2. The van der Waals surface area contributed by atoms with Crippen LogP contribution >= 0.6 is 32.9 Å². The first-order chi connectivity index (χ1) is 23.1. The van der Waals surface area contributed by atoms with Crippen molar-refractivity contribution in [2.75, 3.05) is 38.9 Å². The molecule has 2 aliphatic rings. The second kappa shape index (κ2) is 16.6. The number of benzene rings is 1. The number of hydrogen-bond acceptors (Lipinski definition) is 14. The SMILES string of the molecule is COc1cc2c(cc1OCCCOc1cc3cc(C(=O)CCC(=O)O[C@H]4CSSC[C@@H]4O)sc3nc1OC)CN(C(=O)CCC(=O)O)C2. The quantitative estimate of drug-likeness (QED) is 0.0917. The van der Waals surface area contributed by atoms with Crippen LogP contribution < -0.4 is 18.9 Å². The number of aromatic nitrogens is 1. The number of amides is 1. The van der Waals surface area contributed by atoms with Crippen molar-refractivity contribution in [3.63, 3.8) is 0 Å². The normalized spacial score (nSPS) is 17.1. The molecule has 0 spiro atoms. The van der Waals surface area contributed by atoms with Gasteiger partial charge in [0.1, 0.15) is 17.0 Å². The highest BCUT2D eigenvalue weighted by molar-refractivity contribution is 8.76. The molecule has 16 heteroatoms. The van der Waals surface area contributed by atoms with E-state index >= 15 is 0 Å². The molecule has 0 aliphatic carbocycles. The number of Topliss-reactive ketones (excluding diaryl/α,β-unsaturated/α-hetero) is 1. The van der Waals surface area contributed by atoms with Crippen LogP contribution in [0.5, 0.6) is 23.1 Å². The van der Waals surface area contributed by atoms with E-state index in [0.29, 0.717) is 70.0 Å². The van der Waals surface area contributed by atoms with E-state index in [1.54, 1.807) is 27.8 Å². The van der Waals surface area contributed by atoms with Gasteiger partial charge in [0.15, 0.2) is 23.0 Å². The summed E-state index contributed by atoms with van der Waals surface area (Å²) in [4.78, 5) is 55.6. The van der Waals surface area contributed by atoms with Crippen LogP contribution in [0.15, 0.2) is 24.3 Å². The maximum Gasteiger partial charge on any atom is 0.306 e. The van der Waals surface area contributed by atoms with Gasteiger partial charge in [-0.2, -0.15) is 4.98 Å². The van der Waals surface area contributed by atoms with Gasteiger partial charge in [-0.3, -0.25) is 19.2 Å². The number of aliphatic carboxylic acids is 1. The first-order valence-electron chi connectivity index (χ1n) is 15.2. The van der Waals surface area contributed by atoms with Crippen molar-refractivity contribution >= 4 is 66.8 Å². The average Bonchev–Trinajstić information content (AvgIpc) is 3.69. The molecule has 0 saturated carbocycles. The molecule has 1 fully saturated rings. The molecule has 3 aromatic rings. The fourth-order valence-corrected chi connectivity index (χ4v) is 8.45. The summed E-state index contributed by atoms with van der Waals surface area (Å²) in [6.07, 6.45) is -1.10. The second-order valence-electron chi connectivity index (χ2n) is 11.1. The number of esters is 1. The monoisotopic (exact) mass is 720 g/mol. The lowest BCUT2D eigenvalue weighted by atomic mass is 10.1. The maximum absolute atomic E-state index is 12.9. The van der Waals surface area contributed by atoms with Crippen molar-refractivity contribution in [3.8, 4) is 23.1 Å². The van der Waals surface area contributed by atoms with Gasteiger partial charge in [0, 0.05) is 49.2 Å². The number of nitrogens with zero attached hydrogens (tertiary/aromatic N) is 2. The molecule has 2 atom stereocenters. The van der Waals surface area contributed by atoms with Gasteiger partial charge < -0.3 is 38.8 Å². The molecule has 1 aromatic carbocycles. The Kier molecular flexibility index (Phi) is 12.3. The number of carbonyl (C=O) groups excluding carboxylic acids is 3. The van der Waals surface area contributed by atoms with E-state index < -0.39 is 24.1 Å². The zero-order valence-corrected chi connectivity index (χ0v) is 28.9. The number of ether oxygens (including phenoxy) is 5. The highest BCUT2D eigenvalue weighted by atomic mass is 33.1. The van der Waals surface area contributed by atoms with Crippen LogP contribution in [-0.2, 0) is 32.2 Å². The largest absolute Gasteiger partial charge is 0.493 e. The van der Waals surface area contributed by atoms with Crippen molar-refractivity contribution in [1.82, 2.24) is 9.88 Å². The van der Waals surface area contributed by atoms with Crippen LogP contribution in [0, 0.1) is 0 Å². The molecular weight excluding hydrogens is 685 g/mol. The van der Waals surface area contributed by atoms with Gasteiger partial charge in [0.25, 0.3) is 5.88 Å². The third kappa shape index (κ3) is 9.03. The summed E-state index contributed by atoms with van der Waals surface area (Å²) in [5.41, 5.74) is 1.84. The van der Waals surface area contributed by atoms with Gasteiger partial charge >= 0.3 is 11.9 Å². The molecule has 2 N–H and O–H groups in total. The van der Waals surface area contributed by atoms with Crippen molar-refractivity contribution < 1.29 is 53.1 Å². The molecular formula is C32H36N2O11S3. The number of carbonyl (C=O) groups is 4. The number of fused-ring (bicyclic) bond motifs is 2. The highest BCUT2D eigenvalue weighted by Crippen LogP contribution is 2.37. The topological polar surface area (TPSA) is 171 Å². The van der Waals surface area contributed by atoms with Gasteiger partial charge in [0.2, 0.25) is 5.91 Å². The smallest absolute Gasteiger partial charge is 0.306 e. The van der Waals surface area contributed by atoms with Crippen LogP contribution in [0.25, 0.3) is 10.2 Å². The second-order valence-corrected chi connectivity index (χ2v) is 14.6. The summed E-state index contributed by atoms with van der Waals surface area (Å²) in [5, 5.41) is 19.6. The van der Waals surface area contributed by atoms with Crippen molar-refractivity contribution in [2.24, 2.45) is 0 Å². The number of aliphatic hydroxyl groups is 1. The summed E-state index contributed by atoms with van der Waals surface area (Å²) >= 11 is 1.21. The Hall–Kier alpha value is -3.73. The van der Waals surface area contributed by atoms with E-state index in [2.05, 4.69) is 4.98 Å². The lowest BCUT2D eigenvalue weighted by molar-refractivity contribution is -0.152. The Morgan fingerprint density at radius 2 is 1.58 bits per heavy atom. The van der Waals surface area contributed by atoms with Crippen LogP contribution in [0.2, 0.25) is 0 Å². The summed E-state index contributed by atoms with van der Waals surface area (Å²) < 4.78 is 28.3. The minimum absolute atomic E-state index is 0.0188. The third-order valence-electron chi connectivity index (χ3n) is 7.65. The number of carboxylic acids is 1. The van der Waals surface area contributed by atoms with Crippen LogP contribution in [0.3, 0.4) is 0 Å².